The molecular weight excluding hydrogens is 456 g/mol. The fraction of sp³-hybridized carbons (Fsp3) is 0.567. The molecule has 6 rings (SSSR count). The van der Waals surface area contributed by atoms with Crippen LogP contribution in [0.25, 0.3) is 0 Å². The van der Waals surface area contributed by atoms with Crippen LogP contribution in [0.5, 0.6) is 5.75 Å². The lowest BCUT2D eigenvalue weighted by atomic mass is 9.71. The minimum Gasteiger partial charge on any atom is -0.497 e. The van der Waals surface area contributed by atoms with Crippen LogP contribution in [-0.4, -0.2) is 41.9 Å². The van der Waals surface area contributed by atoms with E-state index in [1.807, 2.05) is 32.1 Å². The summed E-state index contributed by atoms with van der Waals surface area (Å²) < 4.78 is 19.0. The molecular formula is C30H40O4S. The van der Waals surface area contributed by atoms with Gasteiger partial charge in [0.25, 0.3) is 0 Å². The zero-order chi connectivity index (χ0) is 24.8. The first-order valence-electron chi connectivity index (χ1n) is 13.3. The summed E-state index contributed by atoms with van der Waals surface area (Å²) in [6.45, 7) is 9.29. The molecule has 1 spiro atoms. The highest BCUT2D eigenvalue weighted by Gasteiger charge is 2.62. The minimum absolute atomic E-state index is 0.0746. The number of rotatable bonds is 2. The molecule has 35 heavy (non-hydrogen) atoms. The molecule has 2 aliphatic carbocycles. The molecule has 0 saturated carbocycles. The fourth-order valence-electron chi connectivity index (χ4n) is 7.26. The van der Waals surface area contributed by atoms with Crippen LogP contribution in [0.2, 0.25) is 0 Å². The Morgan fingerprint density at radius 3 is 2.54 bits per heavy atom. The highest BCUT2D eigenvalue weighted by atomic mass is 32.3. The largest absolute Gasteiger partial charge is 0.497 e. The van der Waals surface area contributed by atoms with Gasteiger partial charge in [-0.05, 0) is 96.8 Å². The summed E-state index contributed by atoms with van der Waals surface area (Å²) in [6.07, 6.45) is 11.1. The first-order valence-corrected chi connectivity index (χ1v) is 15.5. The third kappa shape index (κ3) is 3.77. The number of ether oxygens (including phenoxy) is 3. The highest BCUT2D eigenvalue weighted by Crippen LogP contribution is 2.76. The zero-order valence-corrected chi connectivity index (χ0v) is 22.5. The lowest BCUT2D eigenvalue weighted by Crippen LogP contribution is -2.38. The molecule has 3 saturated heterocycles. The SMILES string of the molecule is C=C1CCO[C@]12CCC1C3CCC4=CC(=O)CCC4=C3[C@@H](c3ccc(OC)cc3)OCS12C.CC. The number of allylic oxidation sites excluding steroid dienone is 3. The third-order valence-electron chi connectivity index (χ3n) is 8.90. The number of carbonyl (C=O) groups excluding carboxylic acids is 1. The quantitative estimate of drug-likeness (QED) is 0.413. The van der Waals surface area contributed by atoms with Crippen LogP contribution in [0.4, 0.5) is 0 Å². The maximum Gasteiger partial charge on any atom is 0.156 e. The van der Waals surface area contributed by atoms with E-state index >= 15 is 0 Å². The van der Waals surface area contributed by atoms with E-state index in [0.29, 0.717) is 17.6 Å². The van der Waals surface area contributed by atoms with Gasteiger partial charge in [0.1, 0.15) is 16.8 Å². The van der Waals surface area contributed by atoms with Gasteiger partial charge < -0.3 is 14.2 Å². The van der Waals surface area contributed by atoms with Gasteiger partial charge in [-0.1, -0.05) is 32.6 Å². The summed E-state index contributed by atoms with van der Waals surface area (Å²) >= 11 is 0. The molecule has 0 aromatic heterocycles. The number of hydrogen-bond donors (Lipinski definition) is 0. The Bertz CT molecular complexity index is 1070. The van der Waals surface area contributed by atoms with Gasteiger partial charge >= 0.3 is 0 Å². The van der Waals surface area contributed by atoms with Gasteiger partial charge in [-0.15, -0.1) is 0 Å². The zero-order valence-electron chi connectivity index (χ0n) is 21.7. The normalized spacial score (nSPS) is 37.8. The van der Waals surface area contributed by atoms with Crippen molar-refractivity contribution in [2.24, 2.45) is 5.92 Å². The second-order valence-electron chi connectivity index (χ2n) is 10.3. The predicted octanol–water partition coefficient (Wildman–Crippen LogP) is 7.02. The Kier molecular flexibility index (Phi) is 6.80. The van der Waals surface area contributed by atoms with E-state index in [0.717, 1.165) is 50.4 Å². The maximum atomic E-state index is 12.2. The Morgan fingerprint density at radius 1 is 1.09 bits per heavy atom. The third-order valence-corrected chi connectivity index (χ3v) is 13.5. The summed E-state index contributed by atoms with van der Waals surface area (Å²) in [5.74, 6) is 2.36. The van der Waals surface area contributed by atoms with Crippen LogP contribution >= 0.6 is 10.0 Å². The van der Waals surface area contributed by atoms with Crippen LogP contribution in [0.1, 0.15) is 70.5 Å². The van der Waals surface area contributed by atoms with Crippen molar-refractivity contribution in [3.05, 3.63) is 64.8 Å². The topological polar surface area (TPSA) is 44.8 Å². The van der Waals surface area contributed by atoms with Crippen molar-refractivity contribution in [2.75, 3.05) is 25.9 Å². The molecule has 5 atom stereocenters. The fourth-order valence-corrected chi connectivity index (χ4v) is 11.9. The van der Waals surface area contributed by atoms with Crippen molar-refractivity contribution < 1.29 is 19.0 Å². The van der Waals surface area contributed by atoms with Crippen molar-refractivity contribution >= 4 is 15.8 Å². The van der Waals surface area contributed by atoms with E-state index in [1.165, 1.54) is 34.3 Å². The van der Waals surface area contributed by atoms with Gasteiger partial charge in [0.15, 0.2) is 5.78 Å². The molecule has 3 unspecified atom stereocenters. The first-order chi connectivity index (χ1) is 17.0. The molecule has 3 aliphatic heterocycles. The lowest BCUT2D eigenvalue weighted by molar-refractivity contribution is -0.114. The van der Waals surface area contributed by atoms with Gasteiger partial charge in [-0.25, -0.2) is 0 Å². The lowest BCUT2D eigenvalue weighted by Gasteiger charge is -2.50. The maximum absolute atomic E-state index is 12.2. The molecule has 190 valence electrons. The molecule has 0 radical (unpaired) electrons. The molecule has 0 N–H and O–H groups in total. The van der Waals surface area contributed by atoms with E-state index in [-0.39, 0.29) is 16.8 Å². The number of methoxy groups -OCH3 is 1. The molecule has 1 aromatic carbocycles. The van der Waals surface area contributed by atoms with E-state index in [1.54, 1.807) is 7.11 Å². The highest BCUT2D eigenvalue weighted by molar-refractivity contribution is 8.34. The predicted molar refractivity (Wildman–Crippen MR) is 144 cm³/mol. The Morgan fingerprint density at radius 2 is 1.86 bits per heavy atom. The summed E-state index contributed by atoms with van der Waals surface area (Å²) in [5, 5.41) is 0.581. The Balaban J connectivity index is 0.00000124. The summed E-state index contributed by atoms with van der Waals surface area (Å²) in [7, 11) is 0.469. The van der Waals surface area contributed by atoms with Crippen LogP contribution < -0.4 is 4.74 Å². The second kappa shape index (κ2) is 9.57. The minimum atomic E-state index is -1.23. The summed E-state index contributed by atoms with van der Waals surface area (Å²) in [5.41, 5.74) is 6.59. The second-order valence-corrected chi connectivity index (χ2v) is 14.2. The summed E-state index contributed by atoms with van der Waals surface area (Å²) in [6, 6.07) is 8.37. The summed E-state index contributed by atoms with van der Waals surface area (Å²) in [4.78, 5) is 12.1. The van der Waals surface area contributed by atoms with Crippen molar-refractivity contribution in [1.29, 1.82) is 0 Å². The molecule has 3 heterocycles. The number of ketones is 1. The van der Waals surface area contributed by atoms with Crippen molar-refractivity contribution in [3.8, 4) is 5.75 Å². The average molecular weight is 497 g/mol. The van der Waals surface area contributed by atoms with Crippen LogP contribution in [-0.2, 0) is 14.3 Å². The van der Waals surface area contributed by atoms with Gasteiger partial charge in [-0.2, -0.15) is 10.0 Å². The Hall–Kier alpha value is -1.82. The first kappa shape index (κ1) is 24.9. The van der Waals surface area contributed by atoms with E-state index in [2.05, 4.69) is 25.0 Å². The Labute approximate surface area is 212 Å². The molecule has 5 heteroatoms. The van der Waals surface area contributed by atoms with E-state index in [9.17, 15) is 4.79 Å². The number of carbonyl (C=O) groups is 1. The van der Waals surface area contributed by atoms with Gasteiger partial charge in [0.05, 0.1) is 19.7 Å². The molecule has 5 aliphatic rings. The van der Waals surface area contributed by atoms with E-state index < -0.39 is 10.0 Å². The molecule has 0 amide bonds. The number of benzene rings is 1. The van der Waals surface area contributed by atoms with Crippen LogP contribution in [0.15, 0.2) is 59.2 Å². The van der Waals surface area contributed by atoms with Crippen molar-refractivity contribution in [3.63, 3.8) is 0 Å². The molecule has 0 bridgehead atoms. The van der Waals surface area contributed by atoms with Gasteiger partial charge in [-0.3, -0.25) is 4.79 Å². The van der Waals surface area contributed by atoms with Gasteiger partial charge in [0.2, 0.25) is 0 Å². The smallest absolute Gasteiger partial charge is 0.156 e. The molecule has 4 nitrogen and oxygen atoms in total. The van der Waals surface area contributed by atoms with E-state index in [4.69, 9.17) is 14.2 Å². The van der Waals surface area contributed by atoms with Crippen LogP contribution in [0, 0.1) is 5.92 Å². The van der Waals surface area contributed by atoms with Crippen molar-refractivity contribution in [2.45, 2.75) is 75.1 Å². The average Bonchev–Trinajstić information content (AvgIpc) is 3.36. The standard InChI is InChI=1S/C28H34O4S.C2H6/c1-18-13-15-32-28(18)14-12-25-24-10-6-20-16-21(29)7-11-23(20)26(24)27(31-17-33(25,28)3)19-4-8-22(30-2)9-5-19;1-2/h4-5,8-9,16,24-25,27H,1,6-7,10-15,17H2,2-3H3;1-2H3/t24?,25?,27-,28+;/m1./s1. The molecule has 3 fully saturated rings. The monoisotopic (exact) mass is 496 g/mol. The van der Waals surface area contributed by atoms with Crippen LogP contribution in [0.3, 0.4) is 0 Å². The van der Waals surface area contributed by atoms with Crippen molar-refractivity contribution in [1.82, 2.24) is 0 Å². The number of hydrogen-bond acceptors (Lipinski definition) is 4. The molecule has 1 aromatic rings. The number of fused-ring (bicyclic) bond motifs is 5. The van der Waals surface area contributed by atoms with Gasteiger partial charge in [0, 0.05) is 11.7 Å².